The molecule has 0 radical (unpaired) electrons. The standard InChI is InChI=1S/C48H35BN2S/c1-28-20-23-30(24-21-28)50-40-17-9-5-13-33(40)37-27-36(29-22-25-32-31-12-4-8-16-38(31)48(2,3)39(32)26-29)43-34-14-6-10-18-41(34)51-45-35-15-7-11-19-42(35)52-47(45)49-44(37)46(43)51/h4-27,49-50H,1-3H3. The van der Waals surface area contributed by atoms with Crippen LogP contribution in [0, 0.1) is 6.92 Å². The van der Waals surface area contributed by atoms with Crippen molar-refractivity contribution in [3.05, 3.63) is 162 Å². The molecular weight excluding hydrogens is 647 g/mol. The van der Waals surface area contributed by atoms with Gasteiger partial charge in [-0.05, 0) is 98.6 Å². The molecule has 2 nitrogen and oxygen atoms in total. The predicted molar refractivity (Wildman–Crippen MR) is 225 cm³/mol. The maximum Gasteiger partial charge on any atom is 0.211 e. The fourth-order valence-electron chi connectivity index (χ4n) is 9.21. The third kappa shape index (κ3) is 4.13. The molecule has 4 heteroatoms. The SMILES string of the molecule is Cc1ccc(Nc2ccccc2-c2cc(-c3ccc4c(c3)C(C)(C)c3ccccc3-4)c3c4ccccc4n4c3c2Bc2sc3ccccc3c2-4)cc1. The zero-order valence-electron chi connectivity index (χ0n) is 29.4. The summed E-state index contributed by atoms with van der Waals surface area (Å²) in [4.78, 5) is 0. The Morgan fingerprint density at radius 1 is 0.615 bits per heavy atom. The number of nitrogens with one attached hydrogen (secondary N) is 1. The Morgan fingerprint density at radius 2 is 1.33 bits per heavy atom. The maximum absolute atomic E-state index is 3.81. The van der Waals surface area contributed by atoms with E-state index < -0.39 is 0 Å². The highest BCUT2D eigenvalue weighted by atomic mass is 32.1. The van der Waals surface area contributed by atoms with Crippen molar-refractivity contribution in [1.29, 1.82) is 0 Å². The van der Waals surface area contributed by atoms with Crippen LogP contribution in [0.1, 0.15) is 30.5 Å². The van der Waals surface area contributed by atoms with E-state index >= 15 is 0 Å². The second-order valence-corrected chi connectivity index (χ2v) is 16.2. The van der Waals surface area contributed by atoms with Crippen LogP contribution in [0.15, 0.2) is 146 Å². The second-order valence-electron chi connectivity index (χ2n) is 15.0. The first-order chi connectivity index (χ1) is 25.5. The minimum absolute atomic E-state index is 0.0850. The van der Waals surface area contributed by atoms with E-state index in [4.69, 9.17) is 0 Å². The first-order valence-electron chi connectivity index (χ1n) is 18.2. The number of hydrogen-bond acceptors (Lipinski definition) is 2. The van der Waals surface area contributed by atoms with Gasteiger partial charge in [0.25, 0.3) is 0 Å². The highest BCUT2D eigenvalue weighted by molar-refractivity contribution is 7.29. The van der Waals surface area contributed by atoms with Gasteiger partial charge in [-0.2, -0.15) is 0 Å². The van der Waals surface area contributed by atoms with Gasteiger partial charge >= 0.3 is 0 Å². The molecule has 52 heavy (non-hydrogen) atoms. The van der Waals surface area contributed by atoms with Gasteiger partial charge in [0.15, 0.2) is 0 Å². The lowest BCUT2D eigenvalue weighted by atomic mass is 9.62. The second kappa shape index (κ2) is 10.8. The molecule has 0 amide bonds. The summed E-state index contributed by atoms with van der Waals surface area (Å²) in [6, 6.07) is 54.3. The summed E-state index contributed by atoms with van der Waals surface area (Å²) in [7, 11) is 0.891. The average molecular weight is 683 g/mol. The third-order valence-electron chi connectivity index (χ3n) is 11.7. The zero-order valence-corrected chi connectivity index (χ0v) is 30.2. The lowest BCUT2D eigenvalue weighted by Crippen LogP contribution is -2.35. The number of nitrogens with zero attached hydrogens (tertiary/aromatic N) is 1. The van der Waals surface area contributed by atoms with Gasteiger partial charge in [0.2, 0.25) is 7.28 Å². The number of anilines is 2. The van der Waals surface area contributed by atoms with E-state index in [1.807, 2.05) is 11.3 Å². The largest absolute Gasteiger partial charge is 0.355 e. The molecule has 246 valence electrons. The number of rotatable bonds is 4. The lowest BCUT2D eigenvalue weighted by Gasteiger charge is -2.24. The Bertz CT molecular complexity index is 2940. The molecule has 1 aliphatic carbocycles. The normalized spacial score (nSPS) is 13.6. The molecule has 0 unspecified atom stereocenters. The number of benzene rings is 7. The Morgan fingerprint density at radius 3 is 2.19 bits per heavy atom. The molecule has 11 rings (SSSR count). The molecule has 0 fully saturated rings. The molecule has 9 aromatic rings. The number of thiophene rings is 1. The Hall–Kier alpha value is -5.84. The Kier molecular flexibility index (Phi) is 6.22. The van der Waals surface area contributed by atoms with Crippen LogP contribution in [0.25, 0.3) is 71.0 Å². The fourth-order valence-corrected chi connectivity index (χ4v) is 10.4. The van der Waals surface area contributed by atoms with Crippen LogP contribution in [0.4, 0.5) is 11.4 Å². The van der Waals surface area contributed by atoms with E-state index in [1.165, 1.54) is 97.9 Å². The van der Waals surface area contributed by atoms with E-state index in [1.54, 1.807) is 0 Å². The molecule has 0 spiro atoms. The highest BCUT2D eigenvalue weighted by Crippen LogP contribution is 2.51. The average Bonchev–Trinajstić information content (AvgIpc) is 3.79. The smallest absolute Gasteiger partial charge is 0.211 e. The Balaban J connectivity index is 1.25. The number of aryl methyl sites for hydroxylation is 1. The van der Waals surface area contributed by atoms with E-state index in [2.05, 4.69) is 176 Å². The summed E-state index contributed by atoms with van der Waals surface area (Å²) < 4.78 is 5.37. The number of hydrogen-bond donors (Lipinski definition) is 1. The van der Waals surface area contributed by atoms with Crippen molar-refractivity contribution < 1.29 is 0 Å². The molecule has 0 atom stereocenters. The Labute approximate surface area is 308 Å². The fraction of sp³-hybridized carbons (Fsp3) is 0.0833. The van der Waals surface area contributed by atoms with Crippen LogP contribution < -0.4 is 15.6 Å². The first kappa shape index (κ1) is 29.9. The van der Waals surface area contributed by atoms with Crippen molar-refractivity contribution in [3.63, 3.8) is 0 Å². The summed E-state index contributed by atoms with van der Waals surface area (Å²) in [5.74, 6) is 0. The van der Waals surface area contributed by atoms with Gasteiger partial charge in [-0.3, -0.25) is 0 Å². The molecule has 0 bridgehead atoms. The molecule has 2 aromatic heterocycles. The molecule has 1 N–H and O–H groups in total. The van der Waals surface area contributed by atoms with Crippen molar-refractivity contribution in [2.75, 3.05) is 5.32 Å². The summed E-state index contributed by atoms with van der Waals surface area (Å²) >= 11 is 1.94. The van der Waals surface area contributed by atoms with Crippen LogP contribution in [0.5, 0.6) is 0 Å². The maximum atomic E-state index is 3.81. The summed E-state index contributed by atoms with van der Waals surface area (Å²) in [6.07, 6.45) is 0. The van der Waals surface area contributed by atoms with Gasteiger partial charge < -0.3 is 9.88 Å². The van der Waals surface area contributed by atoms with Gasteiger partial charge in [-0.15, -0.1) is 11.3 Å². The number of para-hydroxylation sites is 2. The molecule has 3 heterocycles. The van der Waals surface area contributed by atoms with Crippen LogP contribution in [0.3, 0.4) is 0 Å². The number of aromatic nitrogens is 1. The van der Waals surface area contributed by atoms with Gasteiger partial charge in [0.05, 0.1) is 11.2 Å². The van der Waals surface area contributed by atoms with Gasteiger partial charge in [0.1, 0.15) is 0 Å². The topological polar surface area (TPSA) is 17.0 Å². The third-order valence-corrected chi connectivity index (χ3v) is 12.8. The van der Waals surface area contributed by atoms with E-state index in [9.17, 15) is 0 Å². The van der Waals surface area contributed by atoms with Crippen molar-refractivity contribution >= 4 is 72.1 Å². The molecule has 2 aliphatic rings. The minimum Gasteiger partial charge on any atom is -0.355 e. The quantitative estimate of drug-likeness (QED) is 0.183. The van der Waals surface area contributed by atoms with Crippen molar-refractivity contribution in [2.45, 2.75) is 26.2 Å². The van der Waals surface area contributed by atoms with E-state index in [-0.39, 0.29) is 5.41 Å². The van der Waals surface area contributed by atoms with Gasteiger partial charge in [-0.25, -0.2) is 0 Å². The van der Waals surface area contributed by atoms with Crippen molar-refractivity contribution in [1.82, 2.24) is 4.57 Å². The summed E-state index contributed by atoms with van der Waals surface area (Å²) in [5, 5.41) is 7.79. The first-order valence-corrected chi connectivity index (χ1v) is 19.0. The van der Waals surface area contributed by atoms with Gasteiger partial charge in [-0.1, -0.05) is 123 Å². The molecule has 0 saturated heterocycles. The summed E-state index contributed by atoms with van der Waals surface area (Å²) in [5.41, 5.74) is 19.3. The highest BCUT2D eigenvalue weighted by Gasteiger charge is 2.36. The van der Waals surface area contributed by atoms with Gasteiger partial charge in [0, 0.05) is 48.7 Å². The minimum atomic E-state index is -0.0850. The van der Waals surface area contributed by atoms with E-state index in [0.29, 0.717) is 0 Å². The monoisotopic (exact) mass is 682 g/mol. The lowest BCUT2D eigenvalue weighted by molar-refractivity contribution is 0.660. The predicted octanol–water partition coefficient (Wildman–Crippen LogP) is 11.4. The van der Waals surface area contributed by atoms with Crippen LogP contribution >= 0.6 is 11.3 Å². The molecule has 1 aliphatic heterocycles. The van der Waals surface area contributed by atoms with Crippen LogP contribution in [-0.4, -0.2) is 11.8 Å². The zero-order chi connectivity index (χ0) is 34.7. The molecule has 7 aromatic carbocycles. The van der Waals surface area contributed by atoms with E-state index in [0.717, 1.165) is 18.7 Å². The molecule has 0 saturated carbocycles. The number of fused-ring (bicyclic) bond motifs is 10. The summed E-state index contributed by atoms with van der Waals surface area (Å²) in [6.45, 7) is 6.90. The van der Waals surface area contributed by atoms with Crippen LogP contribution in [0.2, 0.25) is 0 Å². The van der Waals surface area contributed by atoms with Crippen molar-refractivity contribution in [2.24, 2.45) is 0 Å². The van der Waals surface area contributed by atoms with Crippen molar-refractivity contribution in [3.8, 4) is 39.1 Å². The molecular formula is C48H35BN2S. The van der Waals surface area contributed by atoms with Crippen LogP contribution in [-0.2, 0) is 5.41 Å².